The molecule has 0 aromatic heterocycles. The lowest BCUT2D eigenvalue weighted by molar-refractivity contribution is 0.0692. The third-order valence-corrected chi connectivity index (χ3v) is 18.1. The summed E-state index contributed by atoms with van der Waals surface area (Å²) < 4.78 is 66.1. The van der Waals surface area contributed by atoms with E-state index in [2.05, 4.69) is 37.5 Å². The SMILES string of the molecule is NCCc1ccc(S(=O)(=O)NC(=O)Nc2c3c(cc4c2CCC4)CCC3)cc1.O=C(Nc1c2c(cc3c1CCC3)CCC2)NS(=O)(=O)c1ccc(CCNC(=O)c2cccc3c2OCC3)cc1.O=C(O)c1cccc2c1OCC2. The van der Waals surface area contributed by atoms with Crippen molar-refractivity contribution in [2.75, 3.05) is 36.9 Å². The second kappa shape index (κ2) is 23.7. The van der Waals surface area contributed by atoms with Gasteiger partial charge in [-0.3, -0.25) is 4.79 Å². The molecule has 5 amide bonds. The van der Waals surface area contributed by atoms with Crippen LogP contribution in [-0.4, -0.2) is 72.2 Å². The van der Waals surface area contributed by atoms with E-state index in [1.54, 1.807) is 42.5 Å². The number of carbonyl (C=O) groups excluding carboxylic acids is 3. The second-order valence-electron chi connectivity index (χ2n) is 20.5. The lowest BCUT2D eigenvalue weighted by Crippen LogP contribution is -2.35. The van der Waals surface area contributed by atoms with Gasteiger partial charge in [-0.15, -0.1) is 0 Å². The van der Waals surface area contributed by atoms with Gasteiger partial charge in [0.2, 0.25) is 0 Å². The van der Waals surface area contributed by atoms with E-state index >= 15 is 0 Å². The Morgan fingerprint density at radius 1 is 0.494 bits per heavy atom. The maximum absolute atomic E-state index is 12.9. The number of urea groups is 2. The number of ether oxygens (including phenoxy) is 2. The van der Waals surface area contributed by atoms with Crippen molar-refractivity contribution in [1.82, 2.24) is 14.8 Å². The number of carboxylic acids is 1. The maximum atomic E-state index is 12.9. The summed E-state index contributed by atoms with van der Waals surface area (Å²) in [5.41, 5.74) is 21.5. The van der Waals surface area contributed by atoms with E-state index in [0.717, 1.165) is 135 Å². The van der Waals surface area contributed by atoms with Gasteiger partial charge in [-0.05, 0) is 200 Å². The zero-order valence-corrected chi connectivity index (χ0v) is 45.4. The van der Waals surface area contributed by atoms with E-state index in [1.165, 1.54) is 57.6 Å². The number of hydrogen-bond donors (Lipinski definition) is 7. The molecule has 2 aliphatic heterocycles. The van der Waals surface area contributed by atoms with Crippen LogP contribution in [0, 0.1) is 0 Å². The first-order valence-electron chi connectivity index (χ1n) is 27.0. The Labute approximate surface area is 460 Å². The molecule has 0 saturated carbocycles. The highest BCUT2D eigenvalue weighted by Gasteiger charge is 2.29. The fraction of sp³-hybridized carbons (Fsp3) is 0.333. The van der Waals surface area contributed by atoms with Crippen molar-refractivity contribution in [3.63, 3.8) is 0 Å². The summed E-state index contributed by atoms with van der Waals surface area (Å²) in [6.45, 7) is 2.07. The van der Waals surface area contributed by atoms with Crippen molar-refractivity contribution < 1.29 is 50.6 Å². The summed E-state index contributed by atoms with van der Waals surface area (Å²) in [5, 5.41) is 17.4. The fourth-order valence-corrected chi connectivity index (χ4v) is 13.4. The van der Waals surface area contributed by atoms with E-state index < -0.39 is 38.1 Å². The molecule has 4 aliphatic carbocycles. The molecule has 0 spiro atoms. The van der Waals surface area contributed by atoms with E-state index in [9.17, 15) is 36.0 Å². The molecular weight excluding hydrogens is 1040 g/mol. The molecule has 0 radical (unpaired) electrons. The number of amides is 5. The number of fused-ring (bicyclic) bond motifs is 6. The monoisotopic (exact) mass is 1110 g/mol. The molecule has 8 N–H and O–H groups in total. The molecule has 2 heterocycles. The fourth-order valence-electron chi connectivity index (χ4n) is 11.6. The van der Waals surface area contributed by atoms with Crippen molar-refractivity contribution >= 4 is 55.4 Å². The zero-order chi connectivity index (χ0) is 55.3. The summed E-state index contributed by atoms with van der Waals surface area (Å²) in [6.07, 6.45) is 14.7. The molecule has 12 rings (SSSR count). The lowest BCUT2D eigenvalue weighted by atomic mass is 9.99. The van der Waals surface area contributed by atoms with Gasteiger partial charge in [0.1, 0.15) is 17.1 Å². The summed E-state index contributed by atoms with van der Waals surface area (Å²) in [5.74, 6) is 0.0822. The van der Waals surface area contributed by atoms with Crippen molar-refractivity contribution in [3.05, 3.63) is 175 Å². The Hall–Kier alpha value is -7.74. The zero-order valence-electron chi connectivity index (χ0n) is 43.8. The van der Waals surface area contributed by atoms with Gasteiger partial charge in [-0.1, -0.05) is 60.7 Å². The number of carbonyl (C=O) groups is 4. The number of sulfonamides is 2. The Morgan fingerprint density at radius 3 is 1.32 bits per heavy atom. The van der Waals surface area contributed by atoms with Gasteiger partial charge in [0.25, 0.3) is 26.0 Å². The number of nitrogens with two attached hydrogens (primary N) is 1. The van der Waals surface area contributed by atoms with Gasteiger partial charge in [-0.25, -0.2) is 40.7 Å². The van der Waals surface area contributed by atoms with E-state index in [0.29, 0.717) is 56.2 Å². The van der Waals surface area contributed by atoms with Crippen LogP contribution in [0.1, 0.15) is 113 Å². The lowest BCUT2D eigenvalue weighted by Gasteiger charge is -2.16. The van der Waals surface area contributed by atoms with Gasteiger partial charge >= 0.3 is 18.0 Å². The van der Waals surface area contributed by atoms with Crippen LogP contribution in [0.25, 0.3) is 0 Å². The normalized spacial score (nSPS) is 14.9. The third kappa shape index (κ3) is 12.3. The number of aryl methyl sites for hydroxylation is 4. The number of carboxylic acid groups (broad SMARTS) is 1. The highest BCUT2D eigenvalue weighted by atomic mass is 32.2. The van der Waals surface area contributed by atoms with Crippen LogP contribution >= 0.6 is 0 Å². The number of para-hydroxylation sites is 2. The number of hydrogen-bond acceptors (Lipinski definition) is 11. The Bertz CT molecular complexity index is 3520. The van der Waals surface area contributed by atoms with Crippen LogP contribution in [0.15, 0.2) is 107 Å². The standard InChI is InChI=1S/C30H31N3O5S.C21H25N3O3S.C9H8O3/c34-29(26-9-1-4-20-15-17-38-28(20)26)31-16-14-19-10-12-23(13-11-19)39(36,37)33-30(35)32-27-24-7-2-5-21(24)18-22-6-3-8-25(22)27;22-12-11-14-7-9-17(10-8-14)28(26,27)24-21(25)23-20-18-5-1-3-15(18)13-16-4-2-6-19(16)20;10-9(11)7-3-1-2-6-4-5-12-8(6)7/h1,4,9-13,18H,2-3,5-8,14-17H2,(H,31,34)(H2,32,33,35);7-10,13H,1-6,11-12,22H2,(H2,23,24,25);1-3H,4-5H2,(H,10,11). The molecule has 17 nitrogen and oxygen atoms in total. The number of aromatic carboxylic acids is 1. The van der Waals surface area contributed by atoms with Crippen molar-refractivity contribution in [2.45, 2.75) is 113 Å². The van der Waals surface area contributed by atoms with Gasteiger partial charge in [0.05, 0.1) is 28.6 Å². The van der Waals surface area contributed by atoms with Crippen molar-refractivity contribution in [1.29, 1.82) is 0 Å². The molecule has 6 aromatic carbocycles. The van der Waals surface area contributed by atoms with E-state index in [-0.39, 0.29) is 21.3 Å². The highest BCUT2D eigenvalue weighted by molar-refractivity contribution is 7.90. The van der Waals surface area contributed by atoms with Crippen molar-refractivity contribution in [3.8, 4) is 11.5 Å². The minimum absolute atomic E-state index is 0.00551. The molecule has 412 valence electrons. The average molecular weight is 1110 g/mol. The molecule has 0 saturated heterocycles. The topological polar surface area (TPSA) is 261 Å². The van der Waals surface area contributed by atoms with Crippen LogP contribution in [0.4, 0.5) is 21.0 Å². The van der Waals surface area contributed by atoms with Gasteiger partial charge in [0, 0.05) is 30.8 Å². The van der Waals surface area contributed by atoms with Crippen LogP contribution in [-0.2, 0) is 97.1 Å². The summed E-state index contributed by atoms with van der Waals surface area (Å²) in [6, 6.07) is 26.6. The smallest absolute Gasteiger partial charge is 0.339 e. The molecular formula is C60H64N6O11S2. The summed E-state index contributed by atoms with van der Waals surface area (Å²) in [4.78, 5) is 48.7. The molecule has 19 heteroatoms. The summed E-state index contributed by atoms with van der Waals surface area (Å²) in [7, 11) is -7.98. The highest BCUT2D eigenvalue weighted by Crippen LogP contribution is 2.40. The Balaban J connectivity index is 0.000000152. The van der Waals surface area contributed by atoms with Crippen LogP contribution < -0.4 is 40.6 Å². The predicted molar refractivity (Wildman–Crippen MR) is 300 cm³/mol. The minimum atomic E-state index is -4.05. The summed E-state index contributed by atoms with van der Waals surface area (Å²) >= 11 is 0. The molecule has 0 unspecified atom stereocenters. The van der Waals surface area contributed by atoms with Crippen LogP contribution in [0.3, 0.4) is 0 Å². The molecule has 79 heavy (non-hydrogen) atoms. The minimum Gasteiger partial charge on any atom is -0.492 e. The first-order valence-corrected chi connectivity index (χ1v) is 30.0. The second-order valence-corrected chi connectivity index (χ2v) is 23.9. The van der Waals surface area contributed by atoms with Crippen LogP contribution in [0.2, 0.25) is 0 Å². The van der Waals surface area contributed by atoms with Crippen molar-refractivity contribution in [2.24, 2.45) is 5.73 Å². The third-order valence-electron chi connectivity index (χ3n) is 15.4. The van der Waals surface area contributed by atoms with E-state index in [4.69, 9.17) is 20.3 Å². The molecule has 0 bridgehead atoms. The van der Waals surface area contributed by atoms with Gasteiger partial charge < -0.3 is 36.3 Å². The molecule has 0 atom stereocenters. The van der Waals surface area contributed by atoms with Gasteiger partial charge in [0.15, 0.2) is 0 Å². The number of nitrogens with one attached hydrogen (secondary N) is 5. The number of benzene rings is 6. The quantitative estimate of drug-likeness (QED) is 0.0579. The van der Waals surface area contributed by atoms with Gasteiger partial charge in [-0.2, -0.15) is 0 Å². The molecule has 6 aliphatic rings. The first-order chi connectivity index (χ1) is 38.2. The largest absolute Gasteiger partial charge is 0.492 e. The molecule has 0 fully saturated rings. The Morgan fingerprint density at radius 2 is 0.899 bits per heavy atom. The average Bonchev–Trinajstić information content (AvgIpc) is 4.49. The van der Waals surface area contributed by atoms with Crippen LogP contribution in [0.5, 0.6) is 11.5 Å². The Kier molecular flexibility index (Phi) is 16.4. The first kappa shape index (κ1) is 54.6. The number of anilines is 2. The van der Waals surface area contributed by atoms with E-state index in [1.807, 2.05) is 18.2 Å². The maximum Gasteiger partial charge on any atom is 0.339 e. The molecule has 6 aromatic rings. The number of rotatable bonds is 13. The predicted octanol–water partition coefficient (Wildman–Crippen LogP) is 8.08.